The Bertz CT molecular complexity index is 508. The Balaban J connectivity index is 2.63. The maximum atomic E-state index is 11.5. The highest BCUT2D eigenvalue weighted by Crippen LogP contribution is 2.21. The van der Waals surface area contributed by atoms with Crippen LogP contribution in [0.25, 0.3) is 5.69 Å². The zero-order valence-electron chi connectivity index (χ0n) is 8.90. The molecule has 15 heavy (non-hydrogen) atoms. The SMILES string of the molecule is CC(C)c1ccccc1-n1cc[nH]c1=O. The van der Waals surface area contributed by atoms with Crippen LogP contribution in [0.15, 0.2) is 41.5 Å². The van der Waals surface area contributed by atoms with Crippen LogP contribution in [0.1, 0.15) is 25.3 Å². The van der Waals surface area contributed by atoms with Gasteiger partial charge in [-0.3, -0.25) is 4.57 Å². The maximum absolute atomic E-state index is 11.5. The van der Waals surface area contributed by atoms with Crippen LogP contribution in [-0.2, 0) is 0 Å². The third-order valence-corrected chi connectivity index (χ3v) is 2.47. The van der Waals surface area contributed by atoms with Gasteiger partial charge in [-0.25, -0.2) is 4.79 Å². The first-order chi connectivity index (χ1) is 7.20. The fourth-order valence-electron chi connectivity index (χ4n) is 1.71. The highest BCUT2D eigenvalue weighted by molar-refractivity contribution is 5.42. The van der Waals surface area contributed by atoms with Gasteiger partial charge in [-0.1, -0.05) is 32.0 Å². The van der Waals surface area contributed by atoms with Gasteiger partial charge in [0, 0.05) is 12.4 Å². The molecule has 0 aliphatic carbocycles. The van der Waals surface area contributed by atoms with Gasteiger partial charge in [0.2, 0.25) is 0 Å². The van der Waals surface area contributed by atoms with E-state index in [0.717, 1.165) is 5.69 Å². The molecule has 0 radical (unpaired) electrons. The molecule has 1 aromatic carbocycles. The van der Waals surface area contributed by atoms with E-state index in [2.05, 4.69) is 24.9 Å². The molecular formula is C12H14N2O. The van der Waals surface area contributed by atoms with Crippen molar-refractivity contribution in [3.05, 3.63) is 52.7 Å². The molecule has 0 fully saturated rings. The number of aromatic amines is 1. The molecule has 0 amide bonds. The van der Waals surface area contributed by atoms with E-state index in [9.17, 15) is 4.79 Å². The van der Waals surface area contributed by atoms with Crippen molar-refractivity contribution in [3.8, 4) is 5.69 Å². The monoisotopic (exact) mass is 202 g/mol. The molecule has 1 aromatic heterocycles. The number of hydrogen-bond donors (Lipinski definition) is 1. The van der Waals surface area contributed by atoms with Crippen molar-refractivity contribution < 1.29 is 0 Å². The van der Waals surface area contributed by atoms with Crippen molar-refractivity contribution in [3.63, 3.8) is 0 Å². The van der Waals surface area contributed by atoms with E-state index in [1.807, 2.05) is 18.2 Å². The molecule has 0 unspecified atom stereocenters. The van der Waals surface area contributed by atoms with E-state index in [0.29, 0.717) is 5.92 Å². The van der Waals surface area contributed by atoms with E-state index in [1.165, 1.54) is 5.56 Å². The van der Waals surface area contributed by atoms with E-state index in [1.54, 1.807) is 17.0 Å². The lowest BCUT2D eigenvalue weighted by molar-refractivity contribution is 0.839. The number of imidazole rings is 1. The lowest BCUT2D eigenvalue weighted by Gasteiger charge is -2.11. The van der Waals surface area contributed by atoms with Crippen molar-refractivity contribution in [1.29, 1.82) is 0 Å². The molecule has 0 atom stereocenters. The summed E-state index contributed by atoms with van der Waals surface area (Å²) in [6, 6.07) is 7.96. The highest BCUT2D eigenvalue weighted by atomic mass is 16.1. The van der Waals surface area contributed by atoms with Gasteiger partial charge in [0.1, 0.15) is 0 Å². The Morgan fingerprint density at radius 2 is 2.00 bits per heavy atom. The quantitative estimate of drug-likeness (QED) is 0.797. The van der Waals surface area contributed by atoms with E-state index < -0.39 is 0 Å². The molecule has 78 valence electrons. The zero-order valence-corrected chi connectivity index (χ0v) is 8.90. The second kappa shape index (κ2) is 3.77. The standard InChI is InChI=1S/C12H14N2O/c1-9(2)10-5-3-4-6-11(10)14-8-7-13-12(14)15/h3-9H,1-2H3,(H,13,15). The largest absolute Gasteiger partial charge is 0.330 e. The average Bonchev–Trinajstić information content (AvgIpc) is 2.64. The summed E-state index contributed by atoms with van der Waals surface area (Å²) < 4.78 is 1.63. The Kier molecular flexibility index (Phi) is 2.46. The Hall–Kier alpha value is -1.77. The predicted octanol–water partition coefficient (Wildman–Crippen LogP) is 2.29. The van der Waals surface area contributed by atoms with Gasteiger partial charge in [0.25, 0.3) is 0 Å². The van der Waals surface area contributed by atoms with E-state index in [-0.39, 0.29) is 5.69 Å². The minimum absolute atomic E-state index is 0.0944. The van der Waals surface area contributed by atoms with Crippen molar-refractivity contribution in [1.82, 2.24) is 9.55 Å². The Morgan fingerprint density at radius 1 is 1.27 bits per heavy atom. The van der Waals surface area contributed by atoms with Gasteiger partial charge in [-0.2, -0.15) is 0 Å². The first-order valence-electron chi connectivity index (χ1n) is 5.05. The van der Waals surface area contributed by atoms with Crippen LogP contribution in [0.4, 0.5) is 0 Å². The van der Waals surface area contributed by atoms with Crippen molar-refractivity contribution in [2.24, 2.45) is 0 Å². The molecule has 0 aliphatic rings. The van der Waals surface area contributed by atoms with Gasteiger partial charge < -0.3 is 4.98 Å². The maximum Gasteiger partial charge on any atom is 0.330 e. The number of aromatic nitrogens is 2. The third-order valence-electron chi connectivity index (χ3n) is 2.47. The van der Waals surface area contributed by atoms with Gasteiger partial charge in [-0.05, 0) is 17.5 Å². The lowest BCUT2D eigenvalue weighted by atomic mass is 10.0. The average molecular weight is 202 g/mol. The Morgan fingerprint density at radius 3 is 2.60 bits per heavy atom. The molecule has 1 N–H and O–H groups in total. The van der Waals surface area contributed by atoms with Crippen molar-refractivity contribution in [2.45, 2.75) is 19.8 Å². The Labute approximate surface area is 88.4 Å². The van der Waals surface area contributed by atoms with E-state index in [4.69, 9.17) is 0 Å². The summed E-state index contributed by atoms with van der Waals surface area (Å²) in [7, 11) is 0. The van der Waals surface area contributed by atoms with Crippen LogP contribution in [0.5, 0.6) is 0 Å². The summed E-state index contributed by atoms with van der Waals surface area (Å²) in [5, 5.41) is 0. The molecule has 0 saturated heterocycles. The summed E-state index contributed by atoms with van der Waals surface area (Å²) in [6.07, 6.45) is 3.41. The number of hydrogen-bond acceptors (Lipinski definition) is 1. The van der Waals surface area contributed by atoms with Gasteiger partial charge in [0.15, 0.2) is 0 Å². The molecule has 3 heteroatoms. The summed E-state index contributed by atoms with van der Waals surface area (Å²) in [4.78, 5) is 14.1. The fourth-order valence-corrected chi connectivity index (χ4v) is 1.71. The fraction of sp³-hybridized carbons (Fsp3) is 0.250. The molecule has 0 bridgehead atoms. The molecular weight excluding hydrogens is 188 g/mol. The normalized spacial score (nSPS) is 10.9. The van der Waals surface area contributed by atoms with E-state index >= 15 is 0 Å². The van der Waals surface area contributed by atoms with Crippen molar-refractivity contribution in [2.75, 3.05) is 0 Å². The summed E-state index contributed by atoms with van der Waals surface area (Å²) in [5.74, 6) is 0.406. The predicted molar refractivity (Wildman–Crippen MR) is 60.5 cm³/mol. The summed E-state index contributed by atoms with van der Waals surface area (Å²) >= 11 is 0. The third kappa shape index (κ3) is 1.73. The zero-order chi connectivity index (χ0) is 10.8. The molecule has 1 heterocycles. The van der Waals surface area contributed by atoms with Crippen LogP contribution in [0.2, 0.25) is 0 Å². The van der Waals surface area contributed by atoms with Crippen LogP contribution in [0.3, 0.4) is 0 Å². The minimum atomic E-state index is -0.0944. The molecule has 0 saturated carbocycles. The number of nitrogens with zero attached hydrogens (tertiary/aromatic N) is 1. The van der Waals surface area contributed by atoms with Gasteiger partial charge in [0.05, 0.1) is 5.69 Å². The number of nitrogens with one attached hydrogen (secondary N) is 1. The van der Waals surface area contributed by atoms with Crippen LogP contribution in [0, 0.1) is 0 Å². The number of rotatable bonds is 2. The molecule has 2 rings (SSSR count). The van der Waals surface area contributed by atoms with Gasteiger partial charge >= 0.3 is 5.69 Å². The lowest BCUT2D eigenvalue weighted by Crippen LogP contribution is -2.15. The molecule has 0 aliphatic heterocycles. The first-order valence-corrected chi connectivity index (χ1v) is 5.05. The second-order valence-corrected chi connectivity index (χ2v) is 3.85. The van der Waals surface area contributed by atoms with Crippen molar-refractivity contribution >= 4 is 0 Å². The van der Waals surface area contributed by atoms with Crippen LogP contribution >= 0.6 is 0 Å². The molecule has 0 spiro atoms. The number of benzene rings is 1. The first kappa shape index (κ1) is 9.77. The smallest absolute Gasteiger partial charge is 0.312 e. The molecule has 3 nitrogen and oxygen atoms in total. The second-order valence-electron chi connectivity index (χ2n) is 3.85. The molecule has 2 aromatic rings. The minimum Gasteiger partial charge on any atom is -0.312 e. The van der Waals surface area contributed by atoms with Crippen LogP contribution < -0.4 is 5.69 Å². The number of H-pyrrole nitrogens is 1. The highest BCUT2D eigenvalue weighted by Gasteiger charge is 2.08. The van der Waals surface area contributed by atoms with Gasteiger partial charge in [-0.15, -0.1) is 0 Å². The summed E-state index contributed by atoms with van der Waals surface area (Å²) in [5.41, 5.74) is 2.04. The summed E-state index contributed by atoms with van der Waals surface area (Å²) in [6.45, 7) is 4.24. The topological polar surface area (TPSA) is 37.8 Å². The number of para-hydroxylation sites is 1. The van der Waals surface area contributed by atoms with Crippen LogP contribution in [-0.4, -0.2) is 9.55 Å².